The number of alkyl halides is 1. The number of rotatable bonds is 1. The number of halogens is 3. The summed E-state index contributed by atoms with van der Waals surface area (Å²) in [4.78, 5) is 10.2. The Morgan fingerprint density at radius 1 is 1.57 bits per heavy atom. The van der Waals surface area contributed by atoms with E-state index in [2.05, 4.69) is 11.5 Å². The molecule has 0 saturated heterocycles. The molecule has 0 saturated carbocycles. The molecule has 0 aromatic rings. The fraction of sp³-hybridized carbons (Fsp3) is 0.200. The van der Waals surface area contributed by atoms with Crippen LogP contribution < -0.4 is 11.5 Å². The Labute approximate surface area is 94.6 Å². The number of aliphatic carboxylic acids is 1. The second kappa shape index (κ2) is 5.14. The van der Waals surface area contributed by atoms with Crippen LogP contribution in [0.15, 0.2) is 10.7 Å². The molecular weight excluding hydrogens is 254 g/mol. The average molecular weight is 261 g/mol. The third-order valence-electron chi connectivity index (χ3n) is 1.05. The maximum atomic E-state index is 10.2. The molecule has 0 amide bonds. The van der Waals surface area contributed by atoms with Crippen molar-refractivity contribution in [3.05, 3.63) is 10.7 Å². The van der Waals surface area contributed by atoms with Gasteiger partial charge in [0.15, 0.2) is 17.2 Å². The molecule has 1 heterocycles. The summed E-state index contributed by atoms with van der Waals surface area (Å²) in [6, 6.07) is 0. The van der Waals surface area contributed by atoms with E-state index in [1.165, 1.54) is 0 Å². The summed E-state index contributed by atoms with van der Waals surface area (Å²) in [5, 5.41) is 14.5. The normalized spacial score (nSPS) is 19.4. The van der Waals surface area contributed by atoms with Gasteiger partial charge in [-0.25, -0.2) is 4.79 Å². The Morgan fingerprint density at radius 2 is 1.93 bits per heavy atom. The van der Waals surface area contributed by atoms with Crippen LogP contribution in [0.5, 0.6) is 0 Å². The highest BCUT2D eigenvalue weighted by Crippen LogP contribution is 2.37. The number of carboxylic acid groups (broad SMARTS) is 1. The van der Waals surface area contributed by atoms with Crippen LogP contribution in [-0.2, 0) is 4.79 Å². The van der Waals surface area contributed by atoms with Crippen molar-refractivity contribution in [2.24, 2.45) is 11.5 Å². The van der Waals surface area contributed by atoms with E-state index in [0.29, 0.717) is 0 Å². The fourth-order valence-corrected chi connectivity index (χ4v) is 1.38. The number of carboxylic acids is 1. The number of hydrogen-bond donors (Lipinski definition) is 4. The van der Waals surface area contributed by atoms with Gasteiger partial charge in [0.2, 0.25) is 0 Å². The van der Waals surface area contributed by atoms with Gasteiger partial charge in [-0.3, -0.25) is 9.83 Å². The quantitative estimate of drug-likeness (QED) is 0.179. The second-order valence-electron chi connectivity index (χ2n) is 2.10. The third kappa shape index (κ3) is 3.13. The van der Waals surface area contributed by atoms with Crippen LogP contribution >= 0.6 is 35.0 Å². The summed E-state index contributed by atoms with van der Waals surface area (Å²) < 4.78 is 0.867. The molecule has 9 heteroatoms. The van der Waals surface area contributed by atoms with Crippen LogP contribution in [0.2, 0.25) is 0 Å². The van der Waals surface area contributed by atoms with Gasteiger partial charge in [0, 0.05) is 11.8 Å². The van der Waals surface area contributed by atoms with E-state index >= 15 is 0 Å². The van der Waals surface area contributed by atoms with Gasteiger partial charge in [-0.1, -0.05) is 23.2 Å². The summed E-state index contributed by atoms with van der Waals surface area (Å²) in [6.45, 7) is 0. The van der Waals surface area contributed by atoms with E-state index in [1.807, 2.05) is 0 Å². The topological polar surface area (TPSA) is 116 Å². The van der Waals surface area contributed by atoms with Gasteiger partial charge in [0.05, 0.1) is 5.03 Å². The molecule has 0 aromatic carbocycles. The van der Waals surface area contributed by atoms with Gasteiger partial charge >= 0.3 is 5.97 Å². The van der Waals surface area contributed by atoms with Crippen LogP contribution in [0.1, 0.15) is 0 Å². The standard InChI is InChI=1S/C4H2Cl3NO2.CH5N3/c5-1-2(4(9)10)8(7)3(1)6;2-1(3)4/h3H,(H,9,10);(H5,2,3,4). The lowest BCUT2D eigenvalue weighted by molar-refractivity contribution is -0.134. The first kappa shape index (κ1) is 13.2. The number of nitrogens with zero attached hydrogens (tertiary/aromatic N) is 1. The van der Waals surface area contributed by atoms with Crippen molar-refractivity contribution in [1.29, 1.82) is 5.41 Å². The maximum Gasteiger partial charge on any atom is 0.354 e. The Hall–Kier alpha value is -0.850. The molecule has 0 aromatic heterocycles. The Bertz CT molecular complexity index is 289. The van der Waals surface area contributed by atoms with E-state index in [9.17, 15) is 4.79 Å². The molecule has 0 aliphatic carbocycles. The third-order valence-corrected chi connectivity index (χ3v) is 2.43. The van der Waals surface area contributed by atoms with Crippen LogP contribution in [0.4, 0.5) is 0 Å². The van der Waals surface area contributed by atoms with E-state index in [1.54, 1.807) is 0 Å². The van der Waals surface area contributed by atoms with Gasteiger partial charge in [-0.15, -0.1) is 0 Å². The number of nitrogens with two attached hydrogens (primary N) is 2. The van der Waals surface area contributed by atoms with Gasteiger partial charge in [-0.2, -0.15) is 0 Å². The van der Waals surface area contributed by atoms with Crippen molar-refractivity contribution in [3.63, 3.8) is 0 Å². The molecule has 1 unspecified atom stereocenters. The zero-order valence-corrected chi connectivity index (χ0v) is 8.94. The number of guanidine groups is 1. The summed E-state index contributed by atoms with van der Waals surface area (Å²) >= 11 is 16.2. The van der Waals surface area contributed by atoms with E-state index in [0.717, 1.165) is 4.42 Å². The van der Waals surface area contributed by atoms with Crippen LogP contribution in [0, 0.1) is 5.41 Å². The summed E-state index contributed by atoms with van der Waals surface area (Å²) in [7, 11) is 0. The van der Waals surface area contributed by atoms with Crippen LogP contribution in [-0.4, -0.2) is 27.0 Å². The lowest BCUT2D eigenvalue weighted by atomic mass is 10.3. The molecule has 1 aliphatic rings. The highest BCUT2D eigenvalue weighted by Gasteiger charge is 2.38. The lowest BCUT2D eigenvalue weighted by Crippen LogP contribution is -2.37. The minimum absolute atomic E-state index is 0.0733. The van der Waals surface area contributed by atoms with Crippen molar-refractivity contribution in [1.82, 2.24) is 4.42 Å². The molecule has 1 atom stereocenters. The molecule has 14 heavy (non-hydrogen) atoms. The first-order valence-electron chi connectivity index (χ1n) is 3.10. The van der Waals surface area contributed by atoms with Crippen molar-refractivity contribution in [2.45, 2.75) is 5.50 Å². The first-order valence-corrected chi connectivity index (χ1v) is 4.25. The number of hydrogen-bond acceptors (Lipinski definition) is 3. The van der Waals surface area contributed by atoms with E-state index in [-0.39, 0.29) is 16.7 Å². The van der Waals surface area contributed by atoms with E-state index < -0.39 is 11.5 Å². The Kier molecular flexibility index (Phi) is 4.82. The number of nitrogens with one attached hydrogen (secondary N) is 1. The lowest BCUT2D eigenvalue weighted by Gasteiger charge is -2.31. The molecular formula is C5H7Cl3N4O2. The zero-order valence-electron chi connectivity index (χ0n) is 6.67. The molecule has 0 fully saturated rings. The molecule has 0 radical (unpaired) electrons. The molecule has 1 rings (SSSR count). The van der Waals surface area contributed by atoms with E-state index in [4.69, 9.17) is 45.5 Å². The minimum atomic E-state index is -1.17. The van der Waals surface area contributed by atoms with Crippen molar-refractivity contribution >= 4 is 46.9 Å². The molecule has 0 bridgehead atoms. The highest BCUT2D eigenvalue weighted by molar-refractivity contribution is 6.43. The Balaban J connectivity index is 0.000000364. The molecule has 1 aliphatic heterocycles. The van der Waals surface area contributed by atoms with Crippen LogP contribution in [0.3, 0.4) is 0 Å². The minimum Gasteiger partial charge on any atom is -0.477 e. The SMILES string of the molecule is N=C(N)N.O=C(O)C1=C(Cl)C(Cl)N1Cl. The van der Waals surface area contributed by atoms with Gasteiger partial charge in [-0.05, 0) is 0 Å². The monoisotopic (exact) mass is 260 g/mol. The van der Waals surface area contributed by atoms with Crippen molar-refractivity contribution in [2.75, 3.05) is 0 Å². The van der Waals surface area contributed by atoms with Gasteiger partial charge in [0.1, 0.15) is 0 Å². The number of carbonyl (C=O) groups is 1. The largest absolute Gasteiger partial charge is 0.477 e. The van der Waals surface area contributed by atoms with Crippen LogP contribution in [0.25, 0.3) is 0 Å². The zero-order chi connectivity index (χ0) is 11.5. The average Bonchev–Trinajstić information content (AvgIpc) is 2.02. The van der Waals surface area contributed by atoms with Crippen molar-refractivity contribution in [3.8, 4) is 0 Å². The predicted octanol–water partition coefficient (Wildman–Crippen LogP) is 0.394. The highest BCUT2D eigenvalue weighted by atomic mass is 35.5. The van der Waals surface area contributed by atoms with Crippen molar-refractivity contribution < 1.29 is 9.90 Å². The van der Waals surface area contributed by atoms with Gasteiger partial charge in [0.25, 0.3) is 0 Å². The predicted molar refractivity (Wildman–Crippen MR) is 53.9 cm³/mol. The second-order valence-corrected chi connectivity index (χ2v) is 3.29. The smallest absolute Gasteiger partial charge is 0.354 e. The summed E-state index contributed by atoms with van der Waals surface area (Å²) in [5.41, 5.74) is 8.10. The fourth-order valence-electron chi connectivity index (χ4n) is 0.555. The first-order chi connectivity index (χ1) is 6.29. The summed E-state index contributed by atoms with van der Waals surface area (Å²) in [5.74, 6) is -1.50. The molecule has 6 nitrogen and oxygen atoms in total. The Morgan fingerprint density at radius 3 is 2.07 bits per heavy atom. The molecule has 0 spiro atoms. The van der Waals surface area contributed by atoms with Gasteiger partial charge < -0.3 is 16.6 Å². The molecule has 6 N–H and O–H groups in total. The molecule has 80 valence electrons. The maximum absolute atomic E-state index is 10.2. The summed E-state index contributed by atoms with van der Waals surface area (Å²) in [6.07, 6.45) is 0.